The van der Waals surface area contributed by atoms with Gasteiger partial charge in [0.25, 0.3) is 0 Å². The first-order chi connectivity index (χ1) is 5.07. The summed E-state index contributed by atoms with van der Waals surface area (Å²) in [6.07, 6.45) is 2.26. The number of hydrogen-bond acceptors (Lipinski definition) is 1. The molecule has 2 nitrogen and oxygen atoms in total. The van der Waals surface area contributed by atoms with E-state index in [0.29, 0.717) is 12.3 Å². The third-order valence-corrected chi connectivity index (χ3v) is 2.00. The average molecular weight is 155 g/mol. The molecule has 0 bridgehead atoms. The lowest BCUT2D eigenvalue weighted by Crippen LogP contribution is -2.11. The summed E-state index contributed by atoms with van der Waals surface area (Å²) in [6, 6.07) is 0. The number of nitrogens with two attached hydrogens (primary N) is 1. The van der Waals surface area contributed by atoms with Crippen molar-refractivity contribution in [1.29, 1.82) is 0 Å². The molecular formula is C9H17NO. The van der Waals surface area contributed by atoms with E-state index in [1.165, 1.54) is 0 Å². The number of hydrogen-bond donors (Lipinski definition) is 1. The summed E-state index contributed by atoms with van der Waals surface area (Å²) < 4.78 is 0. The Morgan fingerprint density at radius 1 is 1.55 bits per heavy atom. The standard InChI is InChI=1S/C9H17NO/c1-4-7(2)8(3)5-6-9(10)11/h7H,3-6H2,1-2H3,(H2,10,11). The second kappa shape index (κ2) is 4.94. The van der Waals surface area contributed by atoms with E-state index < -0.39 is 0 Å². The van der Waals surface area contributed by atoms with Gasteiger partial charge in [0.1, 0.15) is 0 Å². The van der Waals surface area contributed by atoms with E-state index in [0.717, 1.165) is 18.4 Å². The maximum Gasteiger partial charge on any atom is 0.217 e. The van der Waals surface area contributed by atoms with Gasteiger partial charge in [0, 0.05) is 6.42 Å². The number of carbonyl (C=O) groups is 1. The maximum atomic E-state index is 10.4. The molecule has 0 rings (SSSR count). The molecule has 0 saturated heterocycles. The van der Waals surface area contributed by atoms with Gasteiger partial charge in [0.05, 0.1) is 0 Å². The molecule has 11 heavy (non-hydrogen) atoms. The summed E-state index contributed by atoms with van der Waals surface area (Å²) in [6.45, 7) is 8.12. The lowest BCUT2D eigenvalue weighted by atomic mass is 9.96. The number of primary amides is 1. The van der Waals surface area contributed by atoms with Crippen LogP contribution in [-0.4, -0.2) is 5.91 Å². The summed E-state index contributed by atoms with van der Waals surface area (Å²) in [5.74, 6) is 0.267. The highest BCUT2D eigenvalue weighted by Gasteiger charge is 2.04. The molecule has 0 aliphatic heterocycles. The topological polar surface area (TPSA) is 43.1 Å². The molecule has 64 valence electrons. The van der Waals surface area contributed by atoms with Crippen molar-refractivity contribution in [3.8, 4) is 0 Å². The number of amides is 1. The highest BCUT2D eigenvalue weighted by molar-refractivity contribution is 5.73. The van der Waals surface area contributed by atoms with Gasteiger partial charge < -0.3 is 5.73 Å². The highest BCUT2D eigenvalue weighted by Crippen LogP contribution is 2.16. The zero-order valence-electron chi connectivity index (χ0n) is 7.39. The minimum atomic E-state index is -0.241. The Balaban J connectivity index is 3.60. The molecule has 0 spiro atoms. The number of rotatable bonds is 5. The van der Waals surface area contributed by atoms with E-state index >= 15 is 0 Å². The monoisotopic (exact) mass is 155 g/mol. The van der Waals surface area contributed by atoms with Crippen LogP contribution in [0.5, 0.6) is 0 Å². The van der Waals surface area contributed by atoms with Crippen LogP contribution in [-0.2, 0) is 4.79 Å². The van der Waals surface area contributed by atoms with E-state index in [2.05, 4.69) is 20.4 Å². The molecule has 0 aromatic carbocycles. The fourth-order valence-corrected chi connectivity index (χ4v) is 0.819. The van der Waals surface area contributed by atoms with Crippen LogP contribution in [0.1, 0.15) is 33.1 Å². The molecule has 0 aliphatic rings. The van der Waals surface area contributed by atoms with Gasteiger partial charge in [0.15, 0.2) is 0 Å². The minimum Gasteiger partial charge on any atom is -0.370 e. The largest absolute Gasteiger partial charge is 0.370 e. The van der Waals surface area contributed by atoms with Crippen molar-refractivity contribution in [2.75, 3.05) is 0 Å². The zero-order chi connectivity index (χ0) is 8.85. The first-order valence-corrected chi connectivity index (χ1v) is 4.03. The summed E-state index contributed by atoms with van der Waals surface area (Å²) in [4.78, 5) is 10.4. The van der Waals surface area contributed by atoms with Gasteiger partial charge >= 0.3 is 0 Å². The third-order valence-electron chi connectivity index (χ3n) is 2.00. The predicted octanol–water partition coefficient (Wildman–Crippen LogP) is 1.85. The van der Waals surface area contributed by atoms with Gasteiger partial charge in [-0.15, -0.1) is 0 Å². The van der Waals surface area contributed by atoms with Crippen molar-refractivity contribution in [2.45, 2.75) is 33.1 Å². The van der Waals surface area contributed by atoms with E-state index in [4.69, 9.17) is 5.73 Å². The van der Waals surface area contributed by atoms with Gasteiger partial charge in [-0.3, -0.25) is 4.79 Å². The van der Waals surface area contributed by atoms with Crippen LogP contribution in [0.15, 0.2) is 12.2 Å². The minimum absolute atomic E-state index is 0.241. The molecule has 1 amide bonds. The molecule has 0 saturated carbocycles. The Morgan fingerprint density at radius 3 is 2.45 bits per heavy atom. The van der Waals surface area contributed by atoms with Crippen LogP contribution in [0.2, 0.25) is 0 Å². The van der Waals surface area contributed by atoms with Crippen LogP contribution < -0.4 is 5.73 Å². The zero-order valence-corrected chi connectivity index (χ0v) is 7.39. The molecule has 0 fully saturated rings. The Labute approximate surface area is 68.5 Å². The van der Waals surface area contributed by atoms with E-state index in [-0.39, 0.29) is 5.91 Å². The van der Waals surface area contributed by atoms with Gasteiger partial charge in [-0.25, -0.2) is 0 Å². The second-order valence-electron chi connectivity index (χ2n) is 2.93. The van der Waals surface area contributed by atoms with Gasteiger partial charge in [-0.1, -0.05) is 26.0 Å². The van der Waals surface area contributed by atoms with Crippen molar-refractivity contribution >= 4 is 5.91 Å². The fourth-order valence-electron chi connectivity index (χ4n) is 0.819. The molecule has 0 radical (unpaired) electrons. The number of allylic oxidation sites excluding steroid dienone is 1. The van der Waals surface area contributed by atoms with Crippen LogP contribution >= 0.6 is 0 Å². The summed E-state index contributed by atoms with van der Waals surface area (Å²) >= 11 is 0. The van der Waals surface area contributed by atoms with Crippen LogP contribution in [0.25, 0.3) is 0 Å². The van der Waals surface area contributed by atoms with Gasteiger partial charge in [-0.05, 0) is 18.8 Å². The van der Waals surface area contributed by atoms with Crippen LogP contribution in [0.3, 0.4) is 0 Å². The van der Waals surface area contributed by atoms with Gasteiger partial charge in [0.2, 0.25) is 5.91 Å². The first-order valence-electron chi connectivity index (χ1n) is 4.03. The Hall–Kier alpha value is -0.790. The lowest BCUT2D eigenvalue weighted by molar-refractivity contribution is -0.118. The molecule has 0 aromatic rings. The highest BCUT2D eigenvalue weighted by atomic mass is 16.1. The molecule has 2 N–H and O–H groups in total. The van der Waals surface area contributed by atoms with Crippen molar-refractivity contribution < 1.29 is 4.79 Å². The average Bonchev–Trinajstić information content (AvgIpc) is 1.98. The third kappa shape index (κ3) is 4.59. The molecule has 0 aliphatic carbocycles. The van der Waals surface area contributed by atoms with Crippen molar-refractivity contribution in [3.05, 3.63) is 12.2 Å². The first kappa shape index (κ1) is 10.2. The predicted molar refractivity (Wildman–Crippen MR) is 47.0 cm³/mol. The second-order valence-corrected chi connectivity index (χ2v) is 2.93. The molecule has 2 heteroatoms. The van der Waals surface area contributed by atoms with E-state index in [1.54, 1.807) is 0 Å². The molecule has 1 unspecified atom stereocenters. The molecular weight excluding hydrogens is 138 g/mol. The summed E-state index contributed by atoms with van der Waals surface area (Å²) in [7, 11) is 0. The Kier molecular flexibility index (Phi) is 4.59. The van der Waals surface area contributed by atoms with Crippen LogP contribution in [0.4, 0.5) is 0 Å². The van der Waals surface area contributed by atoms with Crippen molar-refractivity contribution in [1.82, 2.24) is 0 Å². The summed E-state index contributed by atoms with van der Waals surface area (Å²) in [5.41, 5.74) is 6.13. The Morgan fingerprint density at radius 2 is 2.09 bits per heavy atom. The number of carbonyl (C=O) groups excluding carboxylic acids is 1. The lowest BCUT2D eigenvalue weighted by Gasteiger charge is -2.10. The van der Waals surface area contributed by atoms with Crippen molar-refractivity contribution in [3.63, 3.8) is 0 Å². The van der Waals surface area contributed by atoms with Crippen molar-refractivity contribution in [2.24, 2.45) is 11.7 Å². The SMILES string of the molecule is C=C(CCC(N)=O)C(C)CC. The van der Waals surface area contributed by atoms with Crippen LogP contribution in [0, 0.1) is 5.92 Å². The quantitative estimate of drug-likeness (QED) is 0.605. The fraction of sp³-hybridized carbons (Fsp3) is 0.667. The summed E-state index contributed by atoms with van der Waals surface area (Å²) in [5, 5.41) is 0. The van der Waals surface area contributed by atoms with E-state index in [1.807, 2.05) is 0 Å². The molecule has 1 atom stereocenters. The van der Waals surface area contributed by atoms with E-state index in [9.17, 15) is 4.79 Å². The maximum absolute atomic E-state index is 10.4. The smallest absolute Gasteiger partial charge is 0.217 e. The molecule has 0 heterocycles. The van der Waals surface area contributed by atoms with Gasteiger partial charge in [-0.2, -0.15) is 0 Å². The normalized spacial score (nSPS) is 12.5. The Bertz CT molecular complexity index is 152. The molecule has 0 aromatic heterocycles.